The number of anilines is 1. The number of hydrogen-bond donors (Lipinski definition) is 1. The average molecular weight is 359 g/mol. The number of benzene rings is 2. The second kappa shape index (κ2) is 6.52. The quantitative estimate of drug-likeness (QED) is 0.770. The molecule has 1 heterocycles. The van der Waals surface area contributed by atoms with E-state index in [1.165, 1.54) is 36.4 Å². The molecule has 0 unspecified atom stereocenters. The molecular weight excluding hydrogens is 345 g/mol. The topological polar surface area (TPSA) is 76.4 Å². The maximum atomic E-state index is 13.8. The Bertz CT molecular complexity index is 1040. The van der Waals surface area contributed by atoms with Crippen molar-refractivity contribution in [2.24, 2.45) is 0 Å². The van der Waals surface area contributed by atoms with Crippen molar-refractivity contribution in [3.63, 3.8) is 0 Å². The number of hydrogen-bond acceptors (Lipinski definition) is 4. The van der Waals surface area contributed by atoms with Gasteiger partial charge in [-0.3, -0.25) is 4.79 Å². The molecule has 0 aliphatic rings. The van der Waals surface area contributed by atoms with E-state index in [0.717, 1.165) is 6.26 Å². The van der Waals surface area contributed by atoms with Crippen LogP contribution >= 0.6 is 0 Å². The minimum Gasteiger partial charge on any atom is -0.451 e. The lowest BCUT2D eigenvalue weighted by Gasteiger charge is -2.05. The lowest BCUT2D eigenvalue weighted by atomic mass is 10.1. The summed E-state index contributed by atoms with van der Waals surface area (Å²) in [6.07, 6.45) is 1.08. The normalized spacial score (nSPS) is 11.3. The molecule has 5 nitrogen and oxygen atoms in total. The lowest BCUT2D eigenvalue weighted by molar-refractivity contribution is 0.0997. The lowest BCUT2D eigenvalue weighted by Crippen LogP contribution is -2.11. The van der Waals surface area contributed by atoms with E-state index >= 15 is 0 Å². The van der Waals surface area contributed by atoms with Gasteiger partial charge in [0, 0.05) is 11.9 Å². The Labute approximate surface area is 144 Å². The third-order valence-electron chi connectivity index (χ3n) is 3.49. The van der Waals surface area contributed by atoms with Crippen molar-refractivity contribution in [3.8, 4) is 11.3 Å². The molecule has 0 saturated heterocycles. The van der Waals surface area contributed by atoms with E-state index < -0.39 is 21.6 Å². The number of sulfone groups is 1. The van der Waals surface area contributed by atoms with Gasteiger partial charge in [0.1, 0.15) is 11.6 Å². The first kappa shape index (κ1) is 16.9. The van der Waals surface area contributed by atoms with Gasteiger partial charge in [0.25, 0.3) is 5.91 Å². The third-order valence-corrected chi connectivity index (χ3v) is 4.60. The van der Waals surface area contributed by atoms with Crippen LogP contribution in [-0.4, -0.2) is 20.6 Å². The summed E-state index contributed by atoms with van der Waals surface area (Å²) in [6, 6.07) is 14.9. The summed E-state index contributed by atoms with van der Waals surface area (Å²) in [7, 11) is -3.38. The van der Waals surface area contributed by atoms with Crippen molar-refractivity contribution in [3.05, 3.63) is 72.2 Å². The molecule has 0 aliphatic carbocycles. The van der Waals surface area contributed by atoms with Gasteiger partial charge in [0.15, 0.2) is 15.6 Å². The SMILES string of the molecule is CS(=O)(=O)c1cccc(NC(=O)c2ccc(-c3ccccc3F)o2)c1. The fraction of sp³-hybridized carbons (Fsp3) is 0.0556. The van der Waals surface area contributed by atoms with Crippen LogP contribution < -0.4 is 5.32 Å². The molecule has 3 aromatic rings. The second-order valence-electron chi connectivity index (χ2n) is 5.40. The van der Waals surface area contributed by atoms with Crippen LogP contribution in [0.5, 0.6) is 0 Å². The third kappa shape index (κ3) is 3.77. The minimum absolute atomic E-state index is 0.0111. The largest absolute Gasteiger partial charge is 0.451 e. The Balaban J connectivity index is 1.83. The van der Waals surface area contributed by atoms with Gasteiger partial charge in [-0.05, 0) is 42.5 Å². The van der Waals surface area contributed by atoms with Crippen LogP contribution in [0.2, 0.25) is 0 Å². The minimum atomic E-state index is -3.38. The van der Waals surface area contributed by atoms with E-state index in [-0.39, 0.29) is 22.0 Å². The Hall–Kier alpha value is -2.93. The van der Waals surface area contributed by atoms with Gasteiger partial charge in [0.05, 0.1) is 10.5 Å². The summed E-state index contributed by atoms with van der Waals surface area (Å²) in [6.45, 7) is 0. The zero-order valence-corrected chi connectivity index (χ0v) is 14.0. The van der Waals surface area contributed by atoms with Gasteiger partial charge in [-0.1, -0.05) is 18.2 Å². The standard InChI is InChI=1S/C18H14FNO4S/c1-25(22,23)13-6-4-5-12(11-13)20-18(21)17-10-9-16(24-17)14-7-2-3-8-15(14)19/h2-11H,1H3,(H,20,21). The molecule has 0 fully saturated rings. The first-order valence-corrected chi connectivity index (χ1v) is 9.20. The maximum absolute atomic E-state index is 13.8. The molecular formula is C18H14FNO4S. The van der Waals surface area contributed by atoms with Crippen molar-refractivity contribution >= 4 is 21.4 Å². The molecule has 0 spiro atoms. The van der Waals surface area contributed by atoms with Gasteiger partial charge >= 0.3 is 0 Å². The monoisotopic (exact) mass is 359 g/mol. The highest BCUT2D eigenvalue weighted by Gasteiger charge is 2.15. The van der Waals surface area contributed by atoms with Gasteiger partial charge in [-0.15, -0.1) is 0 Å². The molecule has 1 aromatic heterocycles. The summed E-state index contributed by atoms with van der Waals surface area (Å²) >= 11 is 0. The molecule has 2 aromatic carbocycles. The molecule has 25 heavy (non-hydrogen) atoms. The number of carbonyl (C=O) groups is 1. The summed E-state index contributed by atoms with van der Waals surface area (Å²) in [5.41, 5.74) is 0.567. The molecule has 1 N–H and O–H groups in total. The van der Waals surface area contributed by atoms with Gasteiger partial charge in [-0.2, -0.15) is 0 Å². The number of rotatable bonds is 4. The van der Waals surface area contributed by atoms with Crippen LogP contribution in [0.15, 0.2) is 70.0 Å². The summed E-state index contributed by atoms with van der Waals surface area (Å²) in [4.78, 5) is 12.4. The van der Waals surface area contributed by atoms with Crippen molar-refractivity contribution in [2.45, 2.75) is 4.90 Å². The van der Waals surface area contributed by atoms with Crippen LogP contribution in [0.1, 0.15) is 10.6 Å². The molecule has 0 aliphatic heterocycles. The fourth-order valence-corrected chi connectivity index (χ4v) is 2.93. The fourth-order valence-electron chi connectivity index (χ4n) is 2.26. The van der Waals surface area contributed by atoms with E-state index in [1.807, 2.05) is 0 Å². The van der Waals surface area contributed by atoms with E-state index in [2.05, 4.69) is 5.32 Å². The number of amides is 1. The van der Waals surface area contributed by atoms with Crippen LogP contribution in [0.25, 0.3) is 11.3 Å². The number of furan rings is 1. The summed E-state index contributed by atoms with van der Waals surface area (Å²) < 4.78 is 42.3. The molecule has 0 radical (unpaired) electrons. The Morgan fingerprint density at radius 1 is 1.04 bits per heavy atom. The van der Waals surface area contributed by atoms with Crippen LogP contribution in [0.3, 0.4) is 0 Å². The second-order valence-corrected chi connectivity index (χ2v) is 7.41. The van der Waals surface area contributed by atoms with Crippen molar-refractivity contribution in [1.29, 1.82) is 0 Å². The highest BCUT2D eigenvalue weighted by molar-refractivity contribution is 7.90. The molecule has 3 rings (SSSR count). The highest BCUT2D eigenvalue weighted by Crippen LogP contribution is 2.25. The first-order chi connectivity index (χ1) is 11.8. The predicted octanol–water partition coefficient (Wildman–Crippen LogP) is 3.74. The molecule has 128 valence electrons. The van der Waals surface area contributed by atoms with E-state index in [1.54, 1.807) is 24.3 Å². The van der Waals surface area contributed by atoms with Crippen molar-refractivity contribution in [2.75, 3.05) is 11.6 Å². The number of halogens is 1. The maximum Gasteiger partial charge on any atom is 0.291 e. The summed E-state index contributed by atoms with van der Waals surface area (Å²) in [5, 5.41) is 2.56. The molecule has 1 amide bonds. The Morgan fingerprint density at radius 3 is 2.52 bits per heavy atom. The van der Waals surface area contributed by atoms with Crippen LogP contribution in [0, 0.1) is 5.82 Å². The smallest absolute Gasteiger partial charge is 0.291 e. The Kier molecular flexibility index (Phi) is 4.41. The highest BCUT2D eigenvalue weighted by atomic mass is 32.2. The average Bonchev–Trinajstić information content (AvgIpc) is 3.04. The van der Waals surface area contributed by atoms with Crippen molar-refractivity contribution < 1.29 is 22.0 Å². The van der Waals surface area contributed by atoms with Crippen LogP contribution in [0.4, 0.5) is 10.1 Å². The zero-order valence-electron chi connectivity index (χ0n) is 13.2. The molecule has 7 heteroatoms. The van der Waals surface area contributed by atoms with Crippen molar-refractivity contribution in [1.82, 2.24) is 0 Å². The number of nitrogens with one attached hydrogen (secondary N) is 1. The first-order valence-electron chi connectivity index (χ1n) is 7.31. The van der Waals surface area contributed by atoms with Gasteiger partial charge in [0.2, 0.25) is 0 Å². The molecule has 0 atom stereocenters. The predicted molar refractivity (Wildman–Crippen MR) is 91.6 cm³/mol. The summed E-state index contributed by atoms with van der Waals surface area (Å²) in [5.74, 6) is -0.797. The molecule has 0 saturated carbocycles. The van der Waals surface area contributed by atoms with E-state index in [0.29, 0.717) is 5.69 Å². The van der Waals surface area contributed by atoms with Crippen LogP contribution in [-0.2, 0) is 9.84 Å². The Morgan fingerprint density at radius 2 is 1.80 bits per heavy atom. The zero-order chi connectivity index (χ0) is 18.0. The van der Waals surface area contributed by atoms with E-state index in [4.69, 9.17) is 4.42 Å². The van der Waals surface area contributed by atoms with Gasteiger partial charge in [-0.25, -0.2) is 12.8 Å². The molecule has 0 bridgehead atoms. The van der Waals surface area contributed by atoms with Gasteiger partial charge < -0.3 is 9.73 Å². The number of carbonyl (C=O) groups excluding carboxylic acids is 1. The van der Waals surface area contributed by atoms with E-state index in [9.17, 15) is 17.6 Å².